The molecule has 4 nitrogen and oxygen atoms in total. The molecule has 0 bridgehead atoms. The summed E-state index contributed by atoms with van der Waals surface area (Å²) in [7, 11) is 1.56. The molecule has 0 atom stereocenters. The quantitative estimate of drug-likeness (QED) is 0.727. The largest absolute Gasteiger partial charge is 0.278 e. The molecule has 0 N–H and O–H groups in total. The number of thiazole rings is 1. The summed E-state index contributed by atoms with van der Waals surface area (Å²) in [6.45, 7) is 3.76. The standard InChI is InChI=1S/C7H7ClN2O2S2/c1-4-5(2)13-7-9-3-6(10(4)7)14(8,11)12/h3H,1-2H3. The first-order chi connectivity index (χ1) is 6.41. The lowest BCUT2D eigenvalue weighted by Gasteiger charge is -1.95. The van der Waals surface area contributed by atoms with Gasteiger partial charge in [0.15, 0.2) is 9.99 Å². The van der Waals surface area contributed by atoms with E-state index in [0.29, 0.717) is 4.96 Å². The number of halogens is 1. The second kappa shape index (κ2) is 2.95. The van der Waals surface area contributed by atoms with Gasteiger partial charge in [0.1, 0.15) is 0 Å². The molecule has 2 heterocycles. The molecule has 0 amide bonds. The third-order valence-electron chi connectivity index (χ3n) is 2.04. The Morgan fingerprint density at radius 1 is 1.50 bits per heavy atom. The number of rotatable bonds is 1. The van der Waals surface area contributed by atoms with Crippen LogP contribution in [-0.4, -0.2) is 17.8 Å². The molecule has 76 valence electrons. The minimum absolute atomic E-state index is 0.0380. The Morgan fingerprint density at radius 2 is 2.14 bits per heavy atom. The Morgan fingerprint density at radius 3 is 2.71 bits per heavy atom. The summed E-state index contributed by atoms with van der Waals surface area (Å²) < 4.78 is 23.9. The highest BCUT2D eigenvalue weighted by Crippen LogP contribution is 2.26. The molecule has 0 spiro atoms. The number of nitrogens with zero attached hydrogens (tertiary/aromatic N) is 2. The predicted molar refractivity (Wildman–Crippen MR) is 55.6 cm³/mol. The molecule has 0 aliphatic rings. The number of aryl methyl sites for hydroxylation is 2. The van der Waals surface area contributed by atoms with E-state index in [1.165, 1.54) is 17.5 Å². The summed E-state index contributed by atoms with van der Waals surface area (Å²) >= 11 is 1.44. The van der Waals surface area contributed by atoms with E-state index in [2.05, 4.69) is 4.98 Å². The lowest BCUT2D eigenvalue weighted by Crippen LogP contribution is -1.97. The van der Waals surface area contributed by atoms with E-state index in [9.17, 15) is 8.42 Å². The molecular weight excluding hydrogens is 244 g/mol. The van der Waals surface area contributed by atoms with Crippen molar-refractivity contribution < 1.29 is 8.42 Å². The first-order valence-electron chi connectivity index (χ1n) is 3.79. The summed E-state index contributed by atoms with van der Waals surface area (Å²) in [6, 6.07) is 0. The topological polar surface area (TPSA) is 51.4 Å². The molecule has 0 aliphatic carbocycles. The van der Waals surface area contributed by atoms with E-state index in [-0.39, 0.29) is 5.03 Å². The molecule has 0 fully saturated rings. The zero-order valence-corrected chi connectivity index (χ0v) is 9.87. The maximum atomic E-state index is 11.2. The van der Waals surface area contributed by atoms with E-state index >= 15 is 0 Å². The number of hydrogen-bond acceptors (Lipinski definition) is 4. The van der Waals surface area contributed by atoms with Gasteiger partial charge in [-0.2, -0.15) is 0 Å². The van der Waals surface area contributed by atoms with Gasteiger partial charge in [0.2, 0.25) is 0 Å². The Kier molecular flexibility index (Phi) is 2.09. The third kappa shape index (κ3) is 1.34. The second-order valence-corrected chi connectivity index (χ2v) is 6.59. The zero-order chi connectivity index (χ0) is 10.5. The van der Waals surface area contributed by atoms with Crippen molar-refractivity contribution in [3.63, 3.8) is 0 Å². The van der Waals surface area contributed by atoms with Crippen LogP contribution in [0.25, 0.3) is 4.96 Å². The zero-order valence-electron chi connectivity index (χ0n) is 7.48. The van der Waals surface area contributed by atoms with Gasteiger partial charge in [-0.25, -0.2) is 13.4 Å². The minimum Gasteiger partial charge on any atom is -0.277 e. The SMILES string of the molecule is Cc1sc2ncc(S(=O)(=O)Cl)n2c1C. The summed E-state index contributed by atoms with van der Waals surface area (Å²) in [5.41, 5.74) is 0.863. The average Bonchev–Trinajstić information content (AvgIpc) is 2.54. The first kappa shape index (κ1) is 9.95. The van der Waals surface area contributed by atoms with E-state index < -0.39 is 9.05 Å². The summed E-state index contributed by atoms with van der Waals surface area (Å²) in [5, 5.41) is 0.0380. The second-order valence-electron chi connectivity index (χ2n) is 2.90. The number of imidazole rings is 1. The lowest BCUT2D eigenvalue weighted by atomic mass is 10.4. The van der Waals surface area contributed by atoms with E-state index in [0.717, 1.165) is 10.6 Å². The summed E-state index contributed by atoms with van der Waals surface area (Å²) in [6.07, 6.45) is 1.28. The highest BCUT2D eigenvalue weighted by Gasteiger charge is 2.19. The van der Waals surface area contributed by atoms with Crippen LogP contribution < -0.4 is 0 Å². The van der Waals surface area contributed by atoms with Crippen LogP contribution in [0.1, 0.15) is 10.6 Å². The fourth-order valence-corrected chi connectivity index (χ4v) is 3.19. The Bertz CT molecular complexity index is 597. The van der Waals surface area contributed by atoms with Crippen molar-refractivity contribution in [2.24, 2.45) is 0 Å². The molecule has 2 aromatic heterocycles. The van der Waals surface area contributed by atoms with Crippen molar-refractivity contribution in [1.82, 2.24) is 9.38 Å². The van der Waals surface area contributed by atoms with Gasteiger partial charge in [0.05, 0.1) is 6.20 Å². The van der Waals surface area contributed by atoms with Crippen LogP contribution >= 0.6 is 22.0 Å². The maximum absolute atomic E-state index is 11.2. The van der Waals surface area contributed by atoms with Crippen LogP contribution in [-0.2, 0) is 9.05 Å². The molecule has 2 rings (SSSR count). The van der Waals surface area contributed by atoms with Gasteiger partial charge in [-0.05, 0) is 13.8 Å². The molecule has 0 unspecified atom stereocenters. The van der Waals surface area contributed by atoms with Gasteiger partial charge >= 0.3 is 0 Å². The molecular formula is C7H7ClN2O2S2. The molecule has 0 radical (unpaired) electrons. The van der Waals surface area contributed by atoms with Crippen molar-refractivity contribution >= 4 is 36.0 Å². The Labute approximate surface area is 89.6 Å². The molecule has 14 heavy (non-hydrogen) atoms. The number of aromatic nitrogens is 2. The van der Waals surface area contributed by atoms with Crippen LogP contribution in [0.4, 0.5) is 0 Å². The summed E-state index contributed by atoms with van der Waals surface area (Å²) in [4.78, 5) is 5.67. The fourth-order valence-electron chi connectivity index (χ4n) is 1.24. The highest BCUT2D eigenvalue weighted by molar-refractivity contribution is 8.13. The molecule has 0 aliphatic heterocycles. The van der Waals surface area contributed by atoms with Crippen molar-refractivity contribution in [3.8, 4) is 0 Å². The molecule has 0 aromatic carbocycles. The number of hydrogen-bond donors (Lipinski definition) is 0. The van der Waals surface area contributed by atoms with Crippen molar-refractivity contribution in [2.75, 3.05) is 0 Å². The number of fused-ring (bicyclic) bond motifs is 1. The van der Waals surface area contributed by atoms with Gasteiger partial charge in [-0.3, -0.25) is 4.40 Å². The molecule has 0 saturated heterocycles. The average molecular weight is 251 g/mol. The van der Waals surface area contributed by atoms with Crippen molar-refractivity contribution in [1.29, 1.82) is 0 Å². The van der Waals surface area contributed by atoms with Crippen molar-refractivity contribution in [3.05, 3.63) is 16.8 Å². The van der Waals surface area contributed by atoms with Gasteiger partial charge < -0.3 is 0 Å². The normalized spacial score (nSPS) is 12.5. The molecule has 2 aromatic rings. The van der Waals surface area contributed by atoms with Gasteiger partial charge in [-0.15, -0.1) is 11.3 Å². The molecule has 7 heteroatoms. The first-order valence-corrected chi connectivity index (χ1v) is 6.92. The third-order valence-corrected chi connectivity index (χ3v) is 4.37. The lowest BCUT2D eigenvalue weighted by molar-refractivity contribution is 0.605. The maximum Gasteiger partial charge on any atom is 0.278 e. The smallest absolute Gasteiger partial charge is 0.277 e. The predicted octanol–water partition coefficient (Wildman–Crippen LogP) is 1.94. The fraction of sp³-hybridized carbons (Fsp3) is 0.286. The van der Waals surface area contributed by atoms with Crippen LogP contribution in [0.5, 0.6) is 0 Å². The van der Waals surface area contributed by atoms with Crippen LogP contribution in [0.15, 0.2) is 11.2 Å². The summed E-state index contributed by atoms with van der Waals surface area (Å²) in [5.74, 6) is 0. The van der Waals surface area contributed by atoms with Crippen LogP contribution in [0, 0.1) is 13.8 Å². The van der Waals surface area contributed by atoms with Crippen molar-refractivity contribution in [2.45, 2.75) is 18.9 Å². The van der Waals surface area contributed by atoms with Crippen LogP contribution in [0.3, 0.4) is 0 Å². The highest BCUT2D eigenvalue weighted by atomic mass is 35.7. The van der Waals surface area contributed by atoms with E-state index in [1.54, 1.807) is 4.40 Å². The van der Waals surface area contributed by atoms with Gasteiger partial charge in [-0.1, -0.05) is 0 Å². The van der Waals surface area contributed by atoms with E-state index in [4.69, 9.17) is 10.7 Å². The Balaban J connectivity index is 2.93. The van der Waals surface area contributed by atoms with E-state index in [1.807, 2.05) is 13.8 Å². The Hall–Kier alpha value is -0.590. The van der Waals surface area contributed by atoms with Crippen LogP contribution in [0.2, 0.25) is 0 Å². The molecule has 0 saturated carbocycles. The monoisotopic (exact) mass is 250 g/mol. The van der Waals surface area contributed by atoms with Gasteiger partial charge in [0.25, 0.3) is 9.05 Å². The minimum atomic E-state index is -3.72. The van der Waals surface area contributed by atoms with Gasteiger partial charge in [0, 0.05) is 21.3 Å².